The highest BCUT2D eigenvalue weighted by molar-refractivity contribution is 7.89. The molecular formula is C9H18N2O5S. The molecule has 100 valence electrons. The van der Waals surface area contributed by atoms with Crippen molar-refractivity contribution in [2.24, 2.45) is 0 Å². The number of hydrogen-bond donors (Lipinski definition) is 2. The normalized spacial score (nSPS) is 11.5. The Labute approximate surface area is 101 Å². The summed E-state index contributed by atoms with van der Waals surface area (Å²) in [5, 5.41) is 10.8. The molecule has 0 rings (SSSR count). The lowest BCUT2D eigenvalue weighted by Gasteiger charge is -2.20. The highest BCUT2D eigenvalue weighted by Crippen LogP contribution is 2.04. The molecule has 0 aromatic heterocycles. The van der Waals surface area contributed by atoms with Gasteiger partial charge < -0.3 is 10.4 Å². The van der Waals surface area contributed by atoms with E-state index in [4.69, 9.17) is 5.11 Å². The Balaban J connectivity index is 4.66. The van der Waals surface area contributed by atoms with Crippen molar-refractivity contribution in [3.63, 3.8) is 0 Å². The minimum absolute atomic E-state index is 0.204. The maximum atomic E-state index is 11.8. The molecule has 0 atom stereocenters. The highest BCUT2D eigenvalue weighted by Gasteiger charge is 2.24. The number of rotatable bonds is 8. The topological polar surface area (TPSA) is 104 Å². The van der Waals surface area contributed by atoms with Crippen LogP contribution in [-0.2, 0) is 19.6 Å². The van der Waals surface area contributed by atoms with Gasteiger partial charge in [-0.2, -0.15) is 4.31 Å². The van der Waals surface area contributed by atoms with E-state index in [1.165, 1.54) is 7.05 Å². The van der Waals surface area contributed by atoms with Gasteiger partial charge in [0, 0.05) is 13.6 Å². The van der Waals surface area contributed by atoms with Gasteiger partial charge in [-0.1, -0.05) is 6.92 Å². The van der Waals surface area contributed by atoms with Crippen LogP contribution in [0.15, 0.2) is 0 Å². The number of carboxylic acid groups (broad SMARTS) is 1. The van der Waals surface area contributed by atoms with Crippen molar-refractivity contribution in [1.82, 2.24) is 9.62 Å². The Bertz CT molecular complexity index is 366. The Morgan fingerprint density at radius 1 is 1.35 bits per heavy atom. The van der Waals surface area contributed by atoms with Gasteiger partial charge in [0.15, 0.2) is 0 Å². The predicted molar refractivity (Wildman–Crippen MR) is 62.0 cm³/mol. The molecule has 0 aliphatic heterocycles. The number of aliphatic carboxylic acids is 1. The van der Waals surface area contributed by atoms with Crippen molar-refractivity contribution in [3.05, 3.63) is 0 Å². The number of nitrogens with one attached hydrogen (secondary N) is 1. The van der Waals surface area contributed by atoms with Gasteiger partial charge in [-0.05, 0) is 6.42 Å². The molecule has 0 fully saturated rings. The zero-order valence-corrected chi connectivity index (χ0v) is 10.8. The first-order valence-corrected chi connectivity index (χ1v) is 6.84. The molecule has 0 bridgehead atoms. The predicted octanol–water partition coefficient (Wildman–Crippen LogP) is -0.751. The fourth-order valence-electron chi connectivity index (χ4n) is 1.15. The number of likely N-dealkylation sites (N-methyl/N-ethyl adjacent to an activating group) is 1. The van der Waals surface area contributed by atoms with Crippen LogP contribution >= 0.6 is 0 Å². The van der Waals surface area contributed by atoms with Crippen LogP contribution in [0.2, 0.25) is 0 Å². The van der Waals surface area contributed by atoms with Crippen molar-refractivity contribution in [1.29, 1.82) is 0 Å². The number of sulfonamides is 1. The lowest BCUT2D eigenvalue weighted by atomic mass is 10.4. The Morgan fingerprint density at radius 3 is 2.35 bits per heavy atom. The van der Waals surface area contributed by atoms with Crippen LogP contribution in [0, 0.1) is 0 Å². The van der Waals surface area contributed by atoms with Gasteiger partial charge in [0.2, 0.25) is 15.9 Å². The van der Waals surface area contributed by atoms with E-state index in [9.17, 15) is 18.0 Å². The third-order valence-electron chi connectivity index (χ3n) is 2.04. The van der Waals surface area contributed by atoms with Crippen molar-refractivity contribution >= 4 is 21.9 Å². The Morgan fingerprint density at radius 2 is 1.94 bits per heavy atom. The van der Waals surface area contributed by atoms with Crippen molar-refractivity contribution in [2.75, 3.05) is 25.9 Å². The van der Waals surface area contributed by atoms with Gasteiger partial charge in [0.1, 0.15) is 0 Å². The van der Waals surface area contributed by atoms with Crippen LogP contribution < -0.4 is 5.32 Å². The van der Waals surface area contributed by atoms with Gasteiger partial charge in [-0.25, -0.2) is 8.42 Å². The molecule has 2 N–H and O–H groups in total. The second-order valence-corrected chi connectivity index (χ2v) is 5.55. The van der Waals surface area contributed by atoms with E-state index in [2.05, 4.69) is 5.32 Å². The smallest absolute Gasteiger partial charge is 0.304 e. The van der Waals surface area contributed by atoms with E-state index in [1.807, 2.05) is 0 Å². The third kappa shape index (κ3) is 6.22. The summed E-state index contributed by atoms with van der Waals surface area (Å²) >= 11 is 0. The lowest BCUT2D eigenvalue weighted by Crippen LogP contribution is -2.41. The summed E-state index contributed by atoms with van der Waals surface area (Å²) in [6.07, 6.45) is 0.0968. The molecule has 0 spiro atoms. The second kappa shape index (κ2) is 7.23. The maximum absolute atomic E-state index is 11.8. The summed E-state index contributed by atoms with van der Waals surface area (Å²) in [5.41, 5.74) is 0. The molecule has 0 aromatic carbocycles. The Hall–Kier alpha value is -1.15. The summed E-state index contributed by atoms with van der Waals surface area (Å²) in [6.45, 7) is 1.71. The van der Waals surface area contributed by atoms with E-state index in [-0.39, 0.29) is 13.1 Å². The zero-order valence-electron chi connectivity index (χ0n) is 9.97. The van der Waals surface area contributed by atoms with Crippen LogP contribution in [0.25, 0.3) is 0 Å². The molecule has 0 aliphatic carbocycles. The zero-order chi connectivity index (χ0) is 13.5. The molecule has 0 heterocycles. The monoisotopic (exact) mass is 266 g/mol. The van der Waals surface area contributed by atoms with E-state index in [0.717, 1.165) is 4.31 Å². The van der Waals surface area contributed by atoms with Crippen molar-refractivity contribution in [2.45, 2.75) is 19.8 Å². The SMILES string of the molecule is CCCN(CC(=O)NC)S(=O)(=O)CCC(=O)O. The highest BCUT2D eigenvalue weighted by atomic mass is 32.2. The fraction of sp³-hybridized carbons (Fsp3) is 0.778. The van der Waals surface area contributed by atoms with Crippen LogP contribution in [0.4, 0.5) is 0 Å². The van der Waals surface area contributed by atoms with Crippen LogP contribution in [0.1, 0.15) is 19.8 Å². The number of hydrogen-bond acceptors (Lipinski definition) is 4. The summed E-state index contributed by atoms with van der Waals surface area (Å²) in [6, 6.07) is 0. The number of carboxylic acids is 1. The molecule has 7 nitrogen and oxygen atoms in total. The molecule has 0 saturated carbocycles. The maximum Gasteiger partial charge on any atom is 0.304 e. The third-order valence-corrected chi connectivity index (χ3v) is 3.86. The van der Waals surface area contributed by atoms with Gasteiger partial charge in [-0.15, -0.1) is 0 Å². The molecule has 0 unspecified atom stereocenters. The van der Waals surface area contributed by atoms with Gasteiger partial charge in [0.25, 0.3) is 0 Å². The van der Waals surface area contributed by atoms with E-state index < -0.39 is 34.1 Å². The number of nitrogens with zero attached hydrogens (tertiary/aromatic N) is 1. The van der Waals surface area contributed by atoms with Crippen LogP contribution in [-0.4, -0.2) is 55.6 Å². The Kier molecular flexibility index (Phi) is 6.74. The molecule has 0 saturated heterocycles. The number of carbonyl (C=O) groups excluding carboxylic acids is 1. The fourth-order valence-corrected chi connectivity index (χ4v) is 2.62. The molecule has 17 heavy (non-hydrogen) atoms. The molecule has 0 radical (unpaired) electrons. The summed E-state index contributed by atoms with van der Waals surface area (Å²) in [5.74, 6) is -2.08. The van der Waals surface area contributed by atoms with E-state index in [1.54, 1.807) is 6.92 Å². The number of amides is 1. The van der Waals surface area contributed by atoms with Crippen molar-refractivity contribution < 1.29 is 23.1 Å². The van der Waals surface area contributed by atoms with Gasteiger partial charge >= 0.3 is 5.97 Å². The van der Waals surface area contributed by atoms with E-state index in [0.29, 0.717) is 6.42 Å². The number of carbonyl (C=O) groups is 2. The molecule has 8 heteroatoms. The first-order chi connectivity index (χ1) is 7.83. The van der Waals surface area contributed by atoms with Gasteiger partial charge in [0.05, 0.1) is 18.7 Å². The van der Waals surface area contributed by atoms with Crippen molar-refractivity contribution in [3.8, 4) is 0 Å². The summed E-state index contributed by atoms with van der Waals surface area (Å²) in [7, 11) is -2.28. The average Bonchev–Trinajstić information content (AvgIpc) is 2.25. The summed E-state index contributed by atoms with van der Waals surface area (Å²) in [4.78, 5) is 21.5. The average molecular weight is 266 g/mol. The minimum atomic E-state index is -3.69. The summed E-state index contributed by atoms with van der Waals surface area (Å²) < 4.78 is 24.5. The first kappa shape index (κ1) is 15.9. The molecule has 0 aromatic rings. The molecule has 1 amide bonds. The molecular weight excluding hydrogens is 248 g/mol. The molecule has 0 aliphatic rings. The van der Waals surface area contributed by atoms with Crippen LogP contribution in [0.5, 0.6) is 0 Å². The first-order valence-electron chi connectivity index (χ1n) is 5.23. The quantitative estimate of drug-likeness (QED) is 0.601. The van der Waals surface area contributed by atoms with Gasteiger partial charge in [-0.3, -0.25) is 9.59 Å². The standard InChI is InChI=1S/C9H18N2O5S/c1-3-5-11(7-8(12)10-2)17(15,16)6-4-9(13)14/h3-7H2,1-2H3,(H,10,12)(H,13,14). The second-order valence-electron chi connectivity index (χ2n) is 3.47. The largest absolute Gasteiger partial charge is 0.481 e. The van der Waals surface area contributed by atoms with E-state index >= 15 is 0 Å². The van der Waals surface area contributed by atoms with Crippen LogP contribution in [0.3, 0.4) is 0 Å². The lowest BCUT2D eigenvalue weighted by molar-refractivity contribution is -0.136. The minimum Gasteiger partial charge on any atom is -0.481 e.